The summed E-state index contributed by atoms with van der Waals surface area (Å²) < 4.78 is 0. The van der Waals surface area contributed by atoms with Gasteiger partial charge in [0.2, 0.25) is 0 Å². The summed E-state index contributed by atoms with van der Waals surface area (Å²) in [6.45, 7) is 0. The molecule has 0 radical (unpaired) electrons. The van der Waals surface area contributed by atoms with Gasteiger partial charge in [-0.2, -0.15) is 0 Å². The van der Waals surface area contributed by atoms with Crippen LogP contribution in [0.5, 0.6) is 5.75 Å². The molecular formula is C9H11NO4. The number of nitrogens with two attached hydrogens (primary N) is 1. The number of aromatic hydroxyl groups is 1. The molecule has 5 heteroatoms. The number of carbonyl (C=O) groups is 1. The number of carboxylic acid groups (broad SMARTS) is 1. The predicted molar refractivity (Wildman–Crippen MR) is 48.7 cm³/mol. The van der Waals surface area contributed by atoms with Crippen LogP contribution in [0.1, 0.15) is 11.7 Å². The number of aliphatic carboxylic acids is 1. The quantitative estimate of drug-likeness (QED) is 0.539. The van der Waals surface area contributed by atoms with Gasteiger partial charge in [0, 0.05) is 0 Å². The third kappa shape index (κ3) is 2.21. The Morgan fingerprint density at radius 3 is 2.57 bits per heavy atom. The van der Waals surface area contributed by atoms with Gasteiger partial charge in [-0.1, -0.05) is 12.1 Å². The van der Waals surface area contributed by atoms with Crippen LogP contribution in [0.2, 0.25) is 0 Å². The standard InChI is InChI=1S/C9H11NO4/c10-7(9(13)14)8(12)5-2-1-3-6(11)4-5/h1-4,7-8,11-12H,10H2,(H,13,14)/t7-,8?/m0/s1. The van der Waals surface area contributed by atoms with Crippen molar-refractivity contribution >= 4 is 5.97 Å². The molecule has 1 aromatic carbocycles. The van der Waals surface area contributed by atoms with Crippen molar-refractivity contribution in [2.24, 2.45) is 5.73 Å². The van der Waals surface area contributed by atoms with Crippen LogP contribution >= 0.6 is 0 Å². The molecule has 0 saturated carbocycles. The lowest BCUT2D eigenvalue weighted by molar-refractivity contribution is -0.141. The fourth-order valence-corrected chi connectivity index (χ4v) is 1.05. The SMILES string of the molecule is N[C@H](C(=O)O)C(O)c1cccc(O)c1. The molecule has 0 aromatic heterocycles. The Morgan fingerprint density at radius 2 is 2.07 bits per heavy atom. The van der Waals surface area contributed by atoms with E-state index in [0.717, 1.165) is 0 Å². The maximum absolute atomic E-state index is 10.5. The lowest BCUT2D eigenvalue weighted by Gasteiger charge is -2.14. The molecule has 1 aromatic rings. The summed E-state index contributed by atoms with van der Waals surface area (Å²) in [7, 11) is 0. The highest BCUT2D eigenvalue weighted by atomic mass is 16.4. The third-order valence-electron chi connectivity index (χ3n) is 1.84. The maximum atomic E-state index is 10.5. The first-order chi connectivity index (χ1) is 6.52. The monoisotopic (exact) mass is 197 g/mol. The molecule has 2 atom stereocenters. The second kappa shape index (κ2) is 4.08. The number of aliphatic hydroxyl groups excluding tert-OH is 1. The first kappa shape index (κ1) is 10.5. The number of hydrogen-bond acceptors (Lipinski definition) is 4. The predicted octanol–water partition coefficient (Wildman–Crippen LogP) is -0.163. The molecule has 0 fully saturated rings. The highest BCUT2D eigenvalue weighted by Gasteiger charge is 2.23. The van der Waals surface area contributed by atoms with Crippen molar-refractivity contribution in [1.82, 2.24) is 0 Å². The van der Waals surface area contributed by atoms with E-state index in [-0.39, 0.29) is 11.3 Å². The minimum atomic E-state index is -1.39. The van der Waals surface area contributed by atoms with Gasteiger partial charge in [-0.25, -0.2) is 0 Å². The van der Waals surface area contributed by atoms with Gasteiger partial charge in [-0.15, -0.1) is 0 Å². The van der Waals surface area contributed by atoms with E-state index in [9.17, 15) is 9.90 Å². The Kier molecular flexibility index (Phi) is 3.06. The molecule has 5 N–H and O–H groups in total. The van der Waals surface area contributed by atoms with Crippen LogP contribution in [-0.4, -0.2) is 27.3 Å². The zero-order chi connectivity index (χ0) is 10.7. The van der Waals surface area contributed by atoms with Crippen LogP contribution < -0.4 is 5.73 Å². The summed E-state index contributed by atoms with van der Waals surface area (Å²) in [5, 5.41) is 27.1. The number of benzene rings is 1. The summed E-state index contributed by atoms with van der Waals surface area (Å²) in [4.78, 5) is 10.5. The molecule has 76 valence electrons. The van der Waals surface area contributed by atoms with Crippen molar-refractivity contribution in [1.29, 1.82) is 0 Å². The molecule has 1 unspecified atom stereocenters. The molecule has 0 heterocycles. The summed E-state index contributed by atoms with van der Waals surface area (Å²) in [6.07, 6.45) is -1.32. The van der Waals surface area contributed by atoms with Gasteiger partial charge in [0.05, 0.1) is 0 Å². The van der Waals surface area contributed by atoms with Crippen LogP contribution in [0.4, 0.5) is 0 Å². The highest BCUT2D eigenvalue weighted by molar-refractivity contribution is 5.74. The normalized spacial score (nSPS) is 14.7. The average Bonchev–Trinajstić information content (AvgIpc) is 2.15. The van der Waals surface area contributed by atoms with Crippen LogP contribution in [0.3, 0.4) is 0 Å². The molecule has 0 aliphatic heterocycles. The number of rotatable bonds is 3. The zero-order valence-corrected chi connectivity index (χ0v) is 7.29. The maximum Gasteiger partial charge on any atom is 0.323 e. The van der Waals surface area contributed by atoms with Gasteiger partial charge in [0.1, 0.15) is 17.9 Å². The lowest BCUT2D eigenvalue weighted by atomic mass is 10.0. The Balaban J connectivity index is 2.89. The summed E-state index contributed by atoms with van der Waals surface area (Å²) >= 11 is 0. The van der Waals surface area contributed by atoms with E-state index in [2.05, 4.69) is 0 Å². The molecular weight excluding hydrogens is 186 g/mol. The van der Waals surface area contributed by atoms with Gasteiger partial charge in [0.25, 0.3) is 0 Å². The molecule has 0 aliphatic carbocycles. The van der Waals surface area contributed by atoms with Crippen LogP contribution in [0.15, 0.2) is 24.3 Å². The van der Waals surface area contributed by atoms with Crippen LogP contribution in [-0.2, 0) is 4.79 Å². The Hall–Kier alpha value is -1.59. The Labute approximate surface area is 80.4 Å². The minimum Gasteiger partial charge on any atom is -0.508 e. The minimum absolute atomic E-state index is 0.0425. The molecule has 14 heavy (non-hydrogen) atoms. The molecule has 0 bridgehead atoms. The van der Waals surface area contributed by atoms with Gasteiger partial charge < -0.3 is 21.1 Å². The van der Waals surface area contributed by atoms with E-state index in [0.29, 0.717) is 0 Å². The topological polar surface area (TPSA) is 104 Å². The van der Waals surface area contributed by atoms with Crippen LogP contribution in [0.25, 0.3) is 0 Å². The van der Waals surface area contributed by atoms with E-state index in [1.165, 1.54) is 24.3 Å². The van der Waals surface area contributed by atoms with E-state index in [1.54, 1.807) is 0 Å². The summed E-state index contributed by atoms with van der Waals surface area (Å²) in [5.74, 6) is -1.33. The highest BCUT2D eigenvalue weighted by Crippen LogP contribution is 2.19. The van der Waals surface area contributed by atoms with Gasteiger partial charge in [-0.3, -0.25) is 4.79 Å². The number of aliphatic hydroxyl groups is 1. The smallest absolute Gasteiger partial charge is 0.323 e. The summed E-state index contributed by atoms with van der Waals surface area (Å²) in [6, 6.07) is 4.29. The lowest BCUT2D eigenvalue weighted by Crippen LogP contribution is -2.36. The van der Waals surface area contributed by atoms with E-state index in [1.807, 2.05) is 0 Å². The van der Waals surface area contributed by atoms with Gasteiger partial charge >= 0.3 is 5.97 Å². The number of phenols is 1. The number of phenolic OH excluding ortho intramolecular Hbond substituents is 1. The van der Waals surface area contributed by atoms with E-state index in [4.69, 9.17) is 15.9 Å². The first-order valence-electron chi connectivity index (χ1n) is 3.97. The second-order valence-corrected chi connectivity index (χ2v) is 2.90. The molecule has 1 rings (SSSR count). The molecule has 0 spiro atoms. The Morgan fingerprint density at radius 1 is 1.43 bits per heavy atom. The van der Waals surface area contributed by atoms with Crippen molar-refractivity contribution in [2.45, 2.75) is 12.1 Å². The van der Waals surface area contributed by atoms with Gasteiger partial charge in [0.15, 0.2) is 0 Å². The average molecular weight is 197 g/mol. The van der Waals surface area contributed by atoms with Crippen molar-refractivity contribution in [3.8, 4) is 5.75 Å². The molecule has 5 nitrogen and oxygen atoms in total. The second-order valence-electron chi connectivity index (χ2n) is 2.90. The third-order valence-corrected chi connectivity index (χ3v) is 1.84. The fraction of sp³-hybridized carbons (Fsp3) is 0.222. The number of carboxylic acids is 1. The van der Waals surface area contributed by atoms with E-state index >= 15 is 0 Å². The molecule has 0 saturated heterocycles. The van der Waals surface area contributed by atoms with Crippen molar-refractivity contribution in [3.63, 3.8) is 0 Å². The first-order valence-corrected chi connectivity index (χ1v) is 3.97. The van der Waals surface area contributed by atoms with Gasteiger partial charge in [-0.05, 0) is 17.7 Å². The summed E-state index contributed by atoms with van der Waals surface area (Å²) in [5.41, 5.74) is 5.49. The molecule has 0 amide bonds. The van der Waals surface area contributed by atoms with Crippen LogP contribution in [0, 0.1) is 0 Å². The van der Waals surface area contributed by atoms with E-state index < -0.39 is 18.1 Å². The van der Waals surface area contributed by atoms with Crippen molar-refractivity contribution < 1.29 is 20.1 Å². The number of hydrogen-bond donors (Lipinski definition) is 4. The largest absolute Gasteiger partial charge is 0.508 e. The van der Waals surface area contributed by atoms with Crippen molar-refractivity contribution in [2.75, 3.05) is 0 Å². The molecule has 0 aliphatic rings. The zero-order valence-electron chi connectivity index (χ0n) is 7.29. The fourth-order valence-electron chi connectivity index (χ4n) is 1.05. The van der Waals surface area contributed by atoms with Crippen molar-refractivity contribution in [3.05, 3.63) is 29.8 Å². The Bertz CT molecular complexity index is 339.